The lowest BCUT2D eigenvalue weighted by molar-refractivity contribution is -0.137. The van der Waals surface area contributed by atoms with Gasteiger partial charge in [0.25, 0.3) is 0 Å². The van der Waals surface area contributed by atoms with Crippen molar-refractivity contribution < 1.29 is 13.2 Å². The predicted octanol–water partition coefficient (Wildman–Crippen LogP) is 4.19. The number of piperidine rings is 1. The van der Waals surface area contributed by atoms with Crippen molar-refractivity contribution in [2.24, 2.45) is 0 Å². The van der Waals surface area contributed by atoms with E-state index in [0.29, 0.717) is 6.54 Å². The molecule has 4 rings (SSSR count). The zero-order valence-electron chi connectivity index (χ0n) is 14.7. The fourth-order valence-electron chi connectivity index (χ4n) is 3.83. The highest BCUT2D eigenvalue weighted by atomic mass is 19.4. The lowest BCUT2D eigenvalue weighted by Crippen LogP contribution is -2.36. The average Bonchev–Trinajstić information content (AvgIpc) is 2.98. The number of aromatic nitrogens is 2. The highest BCUT2D eigenvalue weighted by Gasteiger charge is 2.30. The van der Waals surface area contributed by atoms with Crippen LogP contribution in [0.15, 0.2) is 53.3 Å². The molecule has 27 heavy (non-hydrogen) atoms. The monoisotopic (exact) mass is 375 g/mol. The number of halogens is 3. The van der Waals surface area contributed by atoms with Crippen molar-refractivity contribution in [1.82, 2.24) is 14.5 Å². The summed E-state index contributed by atoms with van der Waals surface area (Å²) in [5, 5.41) is 0. The van der Waals surface area contributed by atoms with Crippen LogP contribution >= 0.6 is 0 Å². The number of benzene rings is 2. The summed E-state index contributed by atoms with van der Waals surface area (Å²) < 4.78 is 39.8. The van der Waals surface area contributed by atoms with Crippen molar-refractivity contribution in [3.63, 3.8) is 0 Å². The lowest BCUT2D eigenvalue weighted by Gasteiger charge is -2.32. The summed E-state index contributed by atoms with van der Waals surface area (Å²) in [6.45, 7) is 2.23. The first-order chi connectivity index (χ1) is 12.9. The van der Waals surface area contributed by atoms with Crippen LogP contribution < -0.4 is 5.69 Å². The van der Waals surface area contributed by atoms with Crippen molar-refractivity contribution in [1.29, 1.82) is 0 Å². The first-order valence-corrected chi connectivity index (χ1v) is 8.99. The Labute approximate surface area is 154 Å². The predicted molar refractivity (Wildman–Crippen MR) is 97.6 cm³/mol. The Bertz CT molecular complexity index is 980. The maximum atomic E-state index is 12.7. The Morgan fingerprint density at radius 2 is 1.67 bits per heavy atom. The lowest BCUT2D eigenvalue weighted by atomic mass is 10.0. The minimum Gasteiger partial charge on any atom is -0.306 e. The van der Waals surface area contributed by atoms with Gasteiger partial charge in [-0.25, -0.2) is 4.79 Å². The number of aromatic amines is 1. The third-order valence-electron chi connectivity index (χ3n) is 5.23. The Morgan fingerprint density at radius 1 is 1.00 bits per heavy atom. The van der Waals surface area contributed by atoms with E-state index in [0.717, 1.165) is 54.7 Å². The van der Waals surface area contributed by atoms with Crippen molar-refractivity contribution in [2.45, 2.75) is 31.6 Å². The van der Waals surface area contributed by atoms with Crippen molar-refractivity contribution in [3.8, 4) is 0 Å². The van der Waals surface area contributed by atoms with E-state index in [-0.39, 0.29) is 11.7 Å². The summed E-state index contributed by atoms with van der Waals surface area (Å²) in [6, 6.07) is 13.1. The van der Waals surface area contributed by atoms with E-state index in [1.54, 1.807) is 12.1 Å². The highest BCUT2D eigenvalue weighted by molar-refractivity contribution is 5.75. The molecular weight excluding hydrogens is 355 g/mol. The normalized spacial score (nSPS) is 16.9. The molecule has 1 aliphatic rings. The Hall–Kier alpha value is -2.54. The van der Waals surface area contributed by atoms with Crippen LogP contribution in [-0.2, 0) is 12.7 Å². The van der Waals surface area contributed by atoms with Gasteiger partial charge in [-0.1, -0.05) is 24.3 Å². The Morgan fingerprint density at radius 3 is 2.33 bits per heavy atom. The average molecular weight is 375 g/mol. The van der Waals surface area contributed by atoms with Crippen molar-refractivity contribution in [2.75, 3.05) is 13.1 Å². The standard InChI is InChI=1S/C20H20F3N3O/c21-20(22,23)15-7-5-14(6-8-15)13-25-11-9-16(10-12-25)26-18-4-2-1-3-17(18)24-19(26)27/h1-8,16H,9-13H2,(H,24,27). The van der Waals surface area contributed by atoms with Gasteiger partial charge in [-0.3, -0.25) is 9.47 Å². The van der Waals surface area contributed by atoms with Crippen molar-refractivity contribution in [3.05, 3.63) is 70.1 Å². The molecule has 0 aliphatic carbocycles. The van der Waals surface area contributed by atoms with Gasteiger partial charge in [0.05, 0.1) is 16.6 Å². The highest BCUT2D eigenvalue weighted by Crippen LogP contribution is 2.30. The molecule has 1 saturated heterocycles. The van der Waals surface area contributed by atoms with Gasteiger partial charge < -0.3 is 4.98 Å². The number of imidazole rings is 1. The van der Waals surface area contributed by atoms with Crippen LogP contribution in [0, 0.1) is 0 Å². The number of hydrogen-bond donors (Lipinski definition) is 1. The first-order valence-electron chi connectivity index (χ1n) is 8.99. The van der Waals surface area contributed by atoms with Gasteiger partial charge in [-0.2, -0.15) is 13.2 Å². The summed E-state index contributed by atoms with van der Waals surface area (Å²) in [4.78, 5) is 17.4. The van der Waals surface area contributed by atoms with Crippen LogP contribution in [0.1, 0.15) is 30.0 Å². The van der Waals surface area contributed by atoms with Gasteiger partial charge in [0.15, 0.2) is 0 Å². The molecule has 4 nitrogen and oxygen atoms in total. The van der Waals surface area contributed by atoms with Gasteiger partial charge >= 0.3 is 11.9 Å². The number of rotatable bonds is 3. The molecule has 1 aromatic heterocycles. The number of hydrogen-bond acceptors (Lipinski definition) is 2. The van der Waals surface area contributed by atoms with E-state index in [9.17, 15) is 18.0 Å². The van der Waals surface area contributed by atoms with Gasteiger partial charge in [0.1, 0.15) is 0 Å². The Balaban J connectivity index is 1.42. The number of nitrogens with one attached hydrogen (secondary N) is 1. The summed E-state index contributed by atoms with van der Waals surface area (Å²) in [6.07, 6.45) is -2.63. The smallest absolute Gasteiger partial charge is 0.306 e. The first kappa shape index (κ1) is 17.9. The third-order valence-corrected chi connectivity index (χ3v) is 5.23. The van der Waals surface area contributed by atoms with Gasteiger partial charge in [0.2, 0.25) is 0 Å². The van der Waals surface area contributed by atoms with Crippen LogP contribution in [0.4, 0.5) is 13.2 Å². The van der Waals surface area contributed by atoms with Gasteiger partial charge in [-0.15, -0.1) is 0 Å². The zero-order valence-corrected chi connectivity index (χ0v) is 14.7. The second kappa shape index (κ2) is 6.88. The molecule has 1 aliphatic heterocycles. The molecule has 142 valence electrons. The molecule has 0 radical (unpaired) electrons. The number of nitrogens with zero attached hydrogens (tertiary/aromatic N) is 2. The number of alkyl halides is 3. The van der Waals surface area contributed by atoms with Crippen LogP contribution in [0.25, 0.3) is 11.0 Å². The topological polar surface area (TPSA) is 41.0 Å². The van der Waals surface area contributed by atoms with Crippen LogP contribution in [0.5, 0.6) is 0 Å². The molecule has 2 heterocycles. The number of H-pyrrole nitrogens is 1. The second-order valence-corrected chi connectivity index (χ2v) is 7.02. The fourth-order valence-corrected chi connectivity index (χ4v) is 3.83. The largest absolute Gasteiger partial charge is 0.416 e. The van der Waals surface area contributed by atoms with E-state index in [4.69, 9.17) is 0 Å². The molecule has 0 unspecified atom stereocenters. The molecule has 0 spiro atoms. The molecule has 7 heteroatoms. The zero-order chi connectivity index (χ0) is 19.0. The third kappa shape index (κ3) is 3.64. The van der Waals surface area contributed by atoms with Gasteiger partial charge in [-0.05, 0) is 42.7 Å². The minimum absolute atomic E-state index is 0.0858. The molecule has 1 N–H and O–H groups in total. The number of para-hydroxylation sites is 2. The number of fused-ring (bicyclic) bond motifs is 1. The van der Waals surface area contributed by atoms with E-state index in [2.05, 4.69) is 9.88 Å². The van der Waals surface area contributed by atoms with Crippen LogP contribution in [0.2, 0.25) is 0 Å². The maximum Gasteiger partial charge on any atom is 0.416 e. The molecule has 0 atom stereocenters. The summed E-state index contributed by atoms with van der Waals surface area (Å²) in [5.74, 6) is 0. The Kier molecular flexibility index (Phi) is 4.55. The van der Waals surface area contributed by atoms with E-state index in [1.807, 2.05) is 28.8 Å². The second-order valence-electron chi connectivity index (χ2n) is 7.02. The summed E-state index contributed by atoms with van der Waals surface area (Å²) in [7, 11) is 0. The summed E-state index contributed by atoms with van der Waals surface area (Å²) >= 11 is 0. The SMILES string of the molecule is O=c1[nH]c2ccccc2n1C1CCN(Cc2ccc(C(F)(F)F)cc2)CC1. The van der Waals surface area contributed by atoms with E-state index >= 15 is 0 Å². The fraction of sp³-hybridized carbons (Fsp3) is 0.350. The van der Waals surface area contributed by atoms with E-state index in [1.165, 1.54) is 0 Å². The van der Waals surface area contributed by atoms with Crippen LogP contribution in [0.3, 0.4) is 0 Å². The minimum atomic E-state index is -4.30. The van der Waals surface area contributed by atoms with Crippen LogP contribution in [-0.4, -0.2) is 27.5 Å². The molecule has 0 bridgehead atoms. The van der Waals surface area contributed by atoms with Crippen molar-refractivity contribution >= 4 is 11.0 Å². The summed E-state index contributed by atoms with van der Waals surface area (Å²) in [5.41, 5.74) is 1.92. The van der Waals surface area contributed by atoms with Gasteiger partial charge in [0, 0.05) is 25.7 Å². The van der Waals surface area contributed by atoms with E-state index < -0.39 is 11.7 Å². The number of likely N-dealkylation sites (tertiary alicyclic amines) is 1. The molecule has 2 aromatic carbocycles. The molecule has 0 saturated carbocycles. The molecule has 1 fully saturated rings. The molecular formula is C20H20F3N3O. The molecule has 3 aromatic rings. The molecule has 0 amide bonds. The quantitative estimate of drug-likeness (QED) is 0.746. The maximum absolute atomic E-state index is 12.7.